The van der Waals surface area contributed by atoms with Crippen LogP contribution in [0.5, 0.6) is 0 Å². The van der Waals surface area contributed by atoms with E-state index in [2.05, 4.69) is 84.9 Å². The molecule has 0 spiro atoms. The van der Waals surface area contributed by atoms with Gasteiger partial charge in [0.2, 0.25) is 5.89 Å². The van der Waals surface area contributed by atoms with Crippen molar-refractivity contribution in [3.05, 3.63) is 170 Å². The second kappa shape index (κ2) is 12.3. The molecule has 6 heteroatoms. The number of para-hydroxylation sites is 1. The van der Waals surface area contributed by atoms with E-state index in [1.807, 2.05) is 84.9 Å². The fourth-order valence-electron chi connectivity index (χ4n) is 6.75. The third-order valence-corrected chi connectivity index (χ3v) is 9.34. The fraction of sp³-hybridized carbons (Fsp3) is 0. The molecule has 0 saturated carbocycles. The molecule has 0 aliphatic heterocycles. The predicted octanol–water partition coefficient (Wildman–Crippen LogP) is 11.9. The SMILES string of the molecule is c1ccc(-c2cc(-c3ccccc3)cc(-c3nc(-c4ccc5oc(-c6ccccc6)nc5c4)nc(-c4ccc5c(c4)oc4ccccc45)n3)c2)cc1. The van der Waals surface area contributed by atoms with Crippen molar-refractivity contribution in [2.75, 3.05) is 0 Å². The highest BCUT2D eigenvalue weighted by Crippen LogP contribution is 2.36. The number of hydrogen-bond donors (Lipinski definition) is 0. The molecule has 0 bridgehead atoms. The Hall–Kier alpha value is -7.18. The Morgan fingerprint density at radius 2 is 0.808 bits per heavy atom. The number of hydrogen-bond acceptors (Lipinski definition) is 6. The van der Waals surface area contributed by atoms with Crippen LogP contribution in [0, 0.1) is 0 Å². The average Bonchev–Trinajstić information content (AvgIpc) is 3.83. The molecule has 3 aromatic heterocycles. The Morgan fingerprint density at radius 1 is 0.288 bits per heavy atom. The van der Waals surface area contributed by atoms with E-state index in [9.17, 15) is 0 Å². The van der Waals surface area contributed by atoms with Crippen molar-refractivity contribution < 1.29 is 8.83 Å². The van der Waals surface area contributed by atoms with Gasteiger partial charge in [-0.2, -0.15) is 0 Å². The minimum absolute atomic E-state index is 0.530. The topological polar surface area (TPSA) is 77.8 Å². The van der Waals surface area contributed by atoms with Crippen LogP contribution in [0.15, 0.2) is 179 Å². The molecule has 0 N–H and O–H groups in total. The molecule has 0 unspecified atom stereocenters. The van der Waals surface area contributed by atoms with Crippen LogP contribution in [-0.2, 0) is 0 Å². The summed E-state index contributed by atoms with van der Waals surface area (Å²) in [6.45, 7) is 0. The van der Waals surface area contributed by atoms with E-state index >= 15 is 0 Å². The van der Waals surface area contributed by atoms with Gasteiger partial charge in [0, 0.05) is 33.0 Å². The zero-order valence-corrected chi connectivity index (χ0v) is 27.8. The van der Waals surface area contributed by atoms with E-state index < -0.39 is 0 Å². The minimum atomic E-state index is 0.530. The number of aromatic nitrogens is 4. The van der Waals surface area contributed by atoms with Crippen LogP contribution in [-0.4, -0.2) is 19.9 Å². The molecular weight excluding hydrogens is 641 g/mol. The molecule has 0 saturated heterocycles. The summed E-state index contributed by atoms with van der Waals surface area (Å²) < 4.78 is 12.4. The first-order chi connectivity index (χ1) is 25.7. The van der Waals surface area contributed by atoms with E-state index in [0.717, 1.165) is 72.0 Å². The largest absolute Gasteiger partial charge is 0.456 e. The van der Waals surface area contributed by atoms with Gasteiger partial charge in [-0.05, 0) is 89.0 Å². The summed E-state index contributed by atoms with van der Waals surface area (Å²) in [7, 11) is 0. The molecule has 0 fully saturated rings. The summed E-state index contributed by atoms with van der Waals surface area (Å²) >= 11 is 0. The summed E-state index contributed by atoms with van der Waals surface area (Å²) in [6, 6.07) is 57.3. The molecule has 244 valence electrons. The quantitative estimate of drug-likeness (QED) is 0.175. The standard InChI is InChI=1S/C46H28N4O2/c1-4-12-29(13-5-1)34-24-35(30-14-6-2-7-15-30)26-36(25-34)45-49-43(32-21-23-41-39(27-32)47-46(52-41)31-16-8-3-9-17-31)48-44(50-45)33-20-22-38-37-18-10-11-19-40(37)51-42(38)28-33/h1-28H. The molecule has 0 atom stereocenters. The van der Waals surface area contributed by atoms with Crippen LogP contribution in [0.1, 0.15) is 0 Å². The van der Waals surface area contributed by atoms with Gasteiger partial charge in [0.05, 0.1) is 0 Å². The van der Waals surface area contributed by atoms with E-state index in [1.54, 1.807) is 0 Å². The number of oxazole rings is 1. The number of nitrogens with zero attached hydrogens (tertiary/aromatic N) is 4. The van der Waals surface area contributed by atoms with Gasteiger partial charge in [-0.25, -0.2) is 19.9 Å². The lowest BCUT2D eigenvalue weighted by Crippen LogP contribution is -2.00. The van der Waals surface area contributed by atoms with Gasteiger partial charge >= 0.3 is 0 Å². The molecule has 0 amide bonds. The van der Waals surface area contributed by atoms with Crippen LogP contribution in [0.3, 0.4) is 0 Å². The van der Waals surface area contributed by atoms with Crippen molar-refractivity contribution >= 4 is 33.0 Å². The number of fused-ring (bicyclic) bond motifs is 4. The number of furan rings is 1. The third-order valence-electron chi connectivity index (χ3n) is 9.34. The van der Waals surface area contributed by atoms with Gasteiger partial charge in [-0.1, -0.05) is 103 Å². The lowest BCUT2D eigenvalue weighted by atomic mass is 9.96. The monoisotopic (exact) mass is 668 g/mol. The predicted molar refractivity (Wildman–Crippen MR) is 207 cm³/mol. The van der Waals surface area contributed by atoms with Crippen LogP contribution < -0.4 is 0 Å². The maximum Gasteiger partial charge on any atom is 0.227 e. The highest BCUT2D eigenvalue weighted by atomic mass is 16.3. The van der Waals surface area contributed by atoms with Crippen molar-refractivity contribution in [3.63, 3.8) is 0 Å². The molecule has 6 nitrogen and oxygen atoms in total. The highest BCUT2D eigenvalue weighted by molar-refractivity contribution is 6.05. The zero-order chi connectivity index (χ0) is 34.4. The van der Waals surface area contributed by atoms with Gasteiger partial charge in [0.1, 0.15) is 16.7 Å². The third kappa shape index (κ3) is 5.39. The lowest BCUT2D eigenvalue weighted by molar-refractivity contribution is 0.620. The summed E-state index contributed by atoms with van der Waals surface area (Å²) in [5.41, 5.74) is 10.8. The van der Waals surface area contributed by atoms with Crippen molar-refractivity contribution in [3.8, 4) is 67.9 Å². The summed E-state index contributed by atoms with van der Waals surface area (Å²) in [5, 5.41) is 2.12. The summed E-state index contributed by atoms with van der Waals surface area (Å²) in [4.78, 5) is 20.2. The van der Waals surface area contributed by atoms with Crippen LogP contribution in [0.2, 0.25) is 0 Å². The molecule has 52 heavy (non-hydrogen) atoms. The molecule has 7 aromatic carbocycles. The second-order valence-corrected chi connectivity index (χ2v) is 12.7. The van der Waals surface area contributed by atoms with Gasteiger partial charge in [-0.3, -0.25) is 0 Å². The van der Waals surface area contributed by atoms with Gasteiger partial charge in [0.15, 0.2) is 23.1 Å². The Labute approximate surface area is 298 Å². The average molecular weight is 669 g/mol. The molecule has 10 rings (SSSR count). The second-order valence-electron chi connectivity index (χ2n) is 12.7. The minimum Gasteiger partial charge on any atom is -0.456 e. The smallest absolute Gasteiger partial charge is 0.227 e. The summed E-state index contributed by atoms with van der Waals surface area (Å²) in [6.07, 6.45) is 0. The Balaban J connectivity index is 1.17. The van der Waals surface area contributed by atoms with Crippen molar-refractivity contribution in [2.24, 2.45) is 0 Å². The first kappa shape index (κ1) is 29.7. The highest BCUT2D eigenvalue weighted by Gasteiger charge is 2.18. The number of rotatable bonds is 6. The fourth-order valence-corrected chi connectivity index (χ4v) is 6.75. The molecule has 0 radical (unpaired) electrons. The number of benzene rings is 7. The van der Waals surface area contributed by atoms with E-state index in [4.69, 9.17) is 28.8 Å². The van der Waals surface area contributed by atoms with Crippen molar-refractivity contribution in [2.45, 2.75) is 0 Å². The maximum absolute atomic E-state index is 6.27. The molecular formula is C46H28N4O2. The molecule has 0 aliphatic carbocycles. The van der Waals surface area contributed by atoms with Crippen LogP contribution >= 0.6 is 0 Å². The van der Waals surface area contributed by atoms with Crippen LogP contribution in [0.4, 0.5) is 0 Å². The Bertz CT molecular complexity index is 2840. The van der Waals surface area contributed by atoms with E-state index in [-0.39, 0.29) is 0 Å². The molecule has 0 aliphatic rings. The maximum atomic E-state index is 6.27. The zero-order valence-electron chi connectivity index (χ0n) is 27.8. The Morgan fingerprint density at radius 3 is 1.48 bits per heavy atom. The first-order valence-electron chi connectivity index (χ1n) is 17.1. The summed E-state index contributed by atoms with van der Waals surface area (Å²) in [5.74, 6) is 2.20. The molecule has 3 heterocycles. The first-order valence-corrected chi connectivity index (χ1v) is 17.1. The van der Waals surface area contributed by atoms with Crippen LogP contribution in [0.25, 0.3) is 101 Å². The van der Waals surface area contributed by atoms with Crippen molar-refractivity contribution in [1.82, 2.24) is 19.9 Å². The lowest BCUT2D eigenvalue weighted by Gasteiger charge is -2.12. The van der Waals surface area contributed by atoms with Gasteiger partial charge < -0.3 is 8.83 Å². The molecule has 10 aromatic rings. The van der Waals surface area contributed by atoms with E-state index in [0.29, 0.717) is 28.9 Å². The van der Waals surface area contributed by atoms with Gasteiger partial charge in [-0.15, -0.1) is 0 Å². The van der Waals surface area contributed by atoms with Crippen molar-refractivity contribution in [1.29, 1.82) is 0 Å². The Kier molecular flexibility index (Phi) is 7.03. The van der Waals surface area contributed by atoms with E-state index in [1.165, 1.54) is 0 Å². The van der Waals surface area contributed by atoms with Gasteiger partial charge in [0.25, 0.3) is 0 Å². The normalized spacial score (nSPS) is 11.5.